The summed E-state index contributed by atoms with van der Waals surface area (Å²) in [5.74, 6) is 2.39. The lowest BCUT2D eigenvalue weighted by Gasteiger charge is -2.51. The van der Waals surface area contributed by atoms with Crippen LogP contribution in [0, 0.1) is 5.92 Å². The lowest BCUT2D eigenvalue weighted by molar-refractivity contribution is 0.0354. The van der Waals surface area contributed by atoms with Crippen molar-refractivity contribution in [1.29, 1.82) is 0 Å². The normalized spacial score (nSPS) is 32.5. The van der Waals surface area contributed by atoms with Gasteiger partial charge < -0.3 is 4.90 Å². The minimum absolute atomic E-state index is 0.0772. The van der Waals surface area contributed by atoms with E-state index in [0.717, 1.165) is 18.3 Å². The Balaban J connectivity index is 1.52. The number of carbonyl (C=O) groups is 1. The van der Waals surface area contributed by atoms with E-state index in [1.807, 2.05) is 12.1 Å². The maximum atomic E-state index is 11.6. The number of pyridine rings is 1. The first-order valence-corrected chi connectivity index (χ1v) is 9.75. The predicted octanol–water partition coefficient (Wildman–Crippen LogP) is 3.35. The molecule has 4 fully saturated rings. The van der Waals surface area contributed by atoms with Gasteiger partial charge in [0.25, 0.3) is 0 Å². The summed E-state index contributed by atoms with van der Waals surface area (Å²) in [6, 6.07) is 16.1. The average molecular weight is 347 g/mol. The summed E-state index contributed by atoms with van der Waals surface area (Å²) in [5.41, 5.74) is 2.14. The van der Waals surface area contributed by atoms with E-state index < -0.39 is 0 Å². The van der Waals surface area contributed by atoms with Crippen LogP contribution in [0.3, 0.4) is 0 Å². The molecule has 5 heterocycles. The largest absolute Gasteiger partial charge is 0.351 e. The van der Waals surface area contributed by atoms with E-state index in [2.05, 4.69) is 45.1 Å². The summed E-state index contributed by atoms with van der Waals surface area (Å²) in [6.45, 7) is 5.08. The van der Waals surface area contributed by atoms with E-state index in [4.69, 9.17) is 0 Å². The minimum atomic E-state index is 0.0772. The van der Waals surface area contributed by atoms with Crippen LogP contribution in [0.5, 0.6) is 0 Å². The Hall–Kier alpha value is -2.20. The Morgan fingerprint density at radius 1 is 1.04 bits per heavy atom. The number of aromatic nitrogens is 1. The average Bonchev–Trinajstić information content (AvgIpc) is 3.12. The van der Waals surface area contributed by atoms with Gasteiger partial charge in [0.2, 0.25) is 0 Å². The first kappa shape index (κ1) is 16.0. The van der Waals surface area contributed by atoms with Gasteiger partial charge in [-0.1, -0.05) is 30.3 Å². The summed E-state index contributed by atoms with van der Waals surface area (Å²) < 4.78 is 0. The van der Waals surface area contributed by atoms with Crippen molar-refractivity contribution < 1.29 is 4.79 Å². The van der Waals surface area contributed by atoms with Gasteiger partial charge in [0.05, 0.1) is 0 Å². The van der Waals surface area contributed by atoms with Crippen LogP contribution in [0.4, 0.5) is 5.82 Å². The van der Waals surface area contributed by atoms with Crippen LogP contribution in [0.15, 0.2) is 48.7 Å². The van der Waals surface area contributed by atoms with E-state index in [-0.39, 0.29) is 5.78 Å². The molecule has 0 amide bonds. The van der Waals surface area contributed by atoms with Gasteiger partial charge in [0.15, 0.2) is 5.78 Å². The van der Waals surface area contributed by atoms with Crippen molar-refractivity contribution in [3.8, 4) is 0 Å². The Kier molecular flexibility index (Phi) is 3.82. The van der Waals surface area contributed by atoms with E-state index in [1.54, 1.807) is 13.1 Å². The van der Waals surface area contributed by atoms with Gasteiger partial charge in [-0.3, -0.25) is 9.69 Å². The number of Topliss-reactive ketones (excluding diaryl/α,β-unsaturated/α-hetero) is 1. The first-order chi connectivity index (χ1) is 12.7. The quantitative estimate of drug-likeness (QED) is 0.798. The standard InChI is InChI=1S/C22H25N3O/c1-15(26)18-7-8-20(23-13-18)25-14-19(16-5-3-2-4-6-16)22-21(25)17-9-11-24(22)12-10-17/h2-8,13,17,19,21-22H,9-12,14H2,1H3/t19-,21+,22+/m0/s1. The molecular formula is C22H25N3O. The Bertz CT molecular complexity index is 796. The zero-order valence-electron chi connectivity index (χ0n) is 15.2. The van der Waals surface area contributed by atoms with Gasteiger partial charge in [-0.05, 0) is 56.5 Å². The Morgan fingerprint density at radius 2 is 1.81 bits per heavy atom. The van der Waals surface area contributed by atoms with Crippen LogP contribution in [0.25, 0.3) is 0 Å². The molecule has 0 unspecified atom stereocenters. The van der Waals surface area contributed by atoms with Gasteiger partial charge >= 0.3 is 0 Å². The third kappa shape index (κ3) is 2.47. The Morgan fingerprint density at radius 3 is 2.46 bits per heavy atom. The van der Waals surface area contributed by atoms with Crippen molar-refractivity contribution in [3.05, 3.63) is 59.8 Å². The van der Waals surface area contributed by atoms with Gasteiger partial charge in [-0.15, -0.1) is 0 Å². The summed E-state index contributed by atoms with van der Waals surface area (Å²) in [6.07, 6.45) is 4.33. The number of hydrogen-bond donors (Lipinski definition) is 0. The fourth-order valence-electron chi connectivity index (χ4n) is 5.44. The number of benzene rings is 1. The molecule has 4 saturated heterocycles. The van der Waals surface area contributed by atoms with Crippen molar-refractivity contribution >= 4 is 11.6 Å². The minimum Gasteiger partial charge on any atom is -0.351 e. The van der Waals surface area contributed by atoms with Gasteiger partial charge in [0.1, 0.15) is 5.82 Å². The fraction of sp³-hybridized carbons (Fsp3) is 0.455. The highest BCUT2D eigenvalue weighted by Gasteiger charge is 2.53. The number of ketones is 1. The number of nitrogens with zero attached hydrogens (tertiary/aromatic N) is 3. The second-order valence-corrected chi connectivity index (χ2v) is 7.99. The molecule has 2 bridgehead atoms. The molecule has 26 heavy (non-hydrogen) atoms. The molecule has 0 saturated carbocycles. The summed E-state index contributed by atoms with van der Waals surface area (Å²) in [7, 11) is 0. The van der Waals surface area contributed by atoms with Crippen molar-refractivity contribution in [3.63, 3.8) is 0 Å². The van der Waals surface area contributed by atoms with Crippen molar-refractivity contribution in [2.75, 3.05) is 24.5 Å². The molecule has 4 aliphatic rings. The highest BCUT2D eigenvalue weighted by Crippen LogP contribution is 2.47. The molecule has 4 heteroatoms. The lowest BCUT2D eigenvalue weighted by Crippen LogP contribution is -2.60. The zero-order valence-corrected chi connectivity index (χ0v) is 15.2. The fourth-order valence-corrected chi connectivity index (χ4v) is 5.44. The van der Waals surface area contributed by atoms with Crippen molar-refractivity contribution in [1.82, 2.24) is 9.88 Å². The smallest absolute Gasteiger partial charge is 0.161 e. The highest BCUT2D eigenvalue weighted by atomic mass is 16.1. The monoisotopic (exact) mass is 347 g/mol. The summed E-state index contributed by atoms with van der Waals surface area (Å²) in [5, 5.41) is 0. The lowest BCUT2D eigenvalue weighted by atomic mass is 9.75. The van der Waals surface area contributed by atoms with E-state index in [1.165, 1.54) is 31.5 Å². The van der Waals surface area contributed by atoms with E-state index in [0.29, 0.717) is 23.6 Å². The molecule has 134 valence electrons. The SMILES string of the molecule is CC(=O)c1ccc(N2C[C@@H](c3ccccc3)[C@@H]3[C@H]2C2CCN3CC2)nc1. The molecule has 0 radical (unpaired) electrons. The number of hydrogen-bond acceptors (Lipinski definition) is 4. The van der Waals surface area contributed by atoms with Gasteiger partial charge in [-0.25, -0.2) is 4.98 Å². The summed E-state index contributed by atoms with van der Waals surface area (Å²) in [4.78, 5) is 21.5. The van der Waals surface area contributed by atoms with E-state index in [9.17, 15) is 4.79 Å². The maximum absolute atomic E-state index is 11.6. The number of piperidine rings is 3. The number of fused-ring (bicyclic) bond motifs is 2. The third-order valence-electron chi connectivity index (χ3n) is 6.67. The zero-order chi connectivity index (χ0) is 17.7. The van der Waals surface area contributed by atoms with Crippen LogP contribution < -0.4 is 4.90 Å². The molecule has 3 atom stereocenters. The van der Waals surface area contributed by atoms with E-state index >= 15 is 0 Å². The molecule has 0 aliphatic carbocycles. The topological polar surface area (TPSA) is 36.4 Å². The molecule has 6 rings (SSSR count). The molecule has 4 aliphatic heterocycles. The molecule has 0 N–H and O–H groups in total. The van der Waals surface area contributed by atoms with Crippen molar-refractivity contribution in [2.24, 2.45) is 5.92 Å². The Labute approximate surface area is 154 Å². The predicted molar refractivity (Wildman–Crippen MR) is 103 cm³/mol. The second-order valence-electron chi connectivity index (χ2n) is 7.99. The van der Waals surface area contributed by atoms with Gasteiger partial charge in [-0.2, -0.15) is 0 Å². The number of anilines is 1. The molecule has 4 nitrogen and oxygen atoms in total. The van der Waals surface area contributed by atoms with Crippen molar-refractivity contribution in [2.45, 2.75) is 37.8 Å². The summed E-state index contributed by atoms with van der Waals surface area (Å²) >= 11 is 0. The third-order valence-corrected chi connectivity index (χ3v) is 6.67. The van der Waals surface area contributed by atoms with Crippen LogP contribution in [0.2, 0.25) is 0 Å². The second kappa shape index (κ2) is 6.20. The molecule has 2 aromatic rings. The first-order valence-electron chi connectivity index (χ1n) is 9.75. The van der Waals surface area contributed by atoms with Crippen LogP contribution in [-0.4, -0.2) is 47.4 Å². The molecule has 1 aromatic heterocycles. The highest BCUT2D eigenvalue weighted by molar-refractivity contribution is 5.93. The maximum Gasteiger partial charge on any atom is 0.161 e. The number of rotatable bonds is 3. The van der Waals surface area contributed by atoms with Crippen LogP contribution in [0.1, 0.15) is 41.6 Å². The molecule has 1 aromatic carbocycles. The molecular weight excluding hydrogens is 322 g/mol. The molecule has 0 spiro atoms. The van der Waals surface area contributed by atoms with Crippen LogP contribution in [-0.2, 0) is 0 Å². The number of carbonyl (C=O) groups excluding carboxylic acids is 1. The van der Waals surface area contributed by atoms with Crippen LogP contribution >= 0.6 is 0 Å². The van der Waals surface area contributed by atoms with Gasteiger partial charge in [0, 0.05) is 36.3 Å².